The van der Waals surface area contributed by atoms with Gasteiger partial charge >= 0.3 is 0 Å². The van der Waals surface area contributed by atoms with Gasteiger partial charge in [0, 0.05) is 18.0 Å². The van der Waals surface area contributed by atoms with Gasteiger partial charge in [-0.3, -0.25) is 4.79 Å². The molecule has 0 spiro atoms. The minimum absolute atomic E-state index is 0.122. The van der Waals surface area contributed by atoms with Crippen molar-refractivity contribution >= 4 is 11.6 Å². The van der Waals surface area contributed by atoms with Crippen molar-refractivity contribution in [1.82, 2.24) is 4.98 Å². The van der Waals surface area contributed by atoms with E-state index >= 15 is 0 Å². The van der Waals surface area contributed by atoms with Crippen molar-refractivity contribution in [2.75, 3.05) is 0 Å². The standard InChI is InChI=1S/C11H7ClFNO/c12-10-6-14-5-9(11(10)15)7-1-3-8(13)4-2-7/h1-6H,(H,14,15). The Labute approximate surface area is 90.3 Å². The molecule has 1 heterocycles. The fraction of sp³-hybridized carbons (Fsp3) is 0. The van der Waals surface area contributed by atoms with E-state index in [9.17, 15) is 9.18 Å². The van der Waals surface area contributed by atoms with Crippen LogP contribution in [0.5, 0.6) is 0 Å². The summed E-state index contributed by atoms with van der Waals surface area (Å²) >= 11 is 5.68. The summed E-state index contributed by atoms with van der Waals surface area (Å²) in [6, 6.07) is 5.68. The second-order valence-electron chi connectivity index (χ2n) is 3.05. The first-order chi connectivity index (χ1) is 7.18. The molecule has 1 aromatic heterocycles. The number of benzene rings is 1. The molecule has 0 fully saturated rings. The highest BCUT2D eigenvalue weighted by atomic mass is 35.5. The molecule has 0 atom stereocenters. The minimum atomic E-state index is -0.336. The van der Waals surface area contributed by atoms with Crippen molar-refractivity contribution in [3.63, 3.8) is 0 Å². The lowest BCUT2D eigenvalue weighted by Gasteiger charge is -2.00. The number of hydrogen-bond acceptors (Lipinski definition) is 1. The lowest BCUT2D eigenvalue weighted by molar-refractivity contribution is 0.628. The van der Waals surface area contributed by atoms with Gasteiger partial charge in [-0.05, 0) is 17.7 Å². The van der Waals surface area contributed by atoms with E-state index in [1.165, 1.54) is 30.5 Å². The molecular weight excluding hydrogens is 217 g/mol. The van der Waals surface area contributed by atoms with E-state index in [1.54, 1.807) is 6.20 Å². The van der Waals surface area contributed by atoms with Crippen LogP contribution in [0.25, 0.3) is 11.1 Å². The summed E-state index contributed by atoms with van der Waals surface area (Å²) < 4.78 is 12.7. The zero-order valence-corrected chi connectivity index (χ0v) is 8.38. The highest BCUT2D eigenvalue weighted by molar-refractivity contribution is 6.30. The van der Waals surface area contributed by atoms with E-state index < -0.39 is 0 Å². The summed E-state index contributed by atoms with van der Waals surface area (Å²) in [5, 5.41) is 0.122. The normalized spacial score (nSPS) is 10.3. The predicted octanol–water partition coefficient (Wildman–Crippen LogP) is 2.83. The van der Waals surface area contributed by atoms with Crippen LogP contribution in [0.3, 0.4) is 0 Å². The fourth-order valence-electron chi connectivity index (χ4n) is 1.30. The third-order valence-corrected chi connectivity index (χ3v) is 2.34. The Balaban J connectivity index is 2.59. The van der Waals surface area contributed by atoms with Gasteiger partial charge in [-0.1, -0.05) is 23.7 Å². The van der Waals surface area contributed by atoms with Crippen LogP contribution in [0.2, 0.25) is 5.02 Å². The van der Waals surface area contributed by atoms with Crippen LogP contribution in [0.1, 0.15) is 0 Å². The van der Waals surface area contributed by atoms with Crippen molar-refractivity contribution in [2.24, 2.45) is 0 Å². The molecule has 0 aliphatic carbocycles. The second-order valence-corrected chi connectivity index (χ2v) is 3.46. The minimum Gasteiger partial charge on any atom is -0.366 e. The number of nitrogens with one attached hydrogen (secondary N) is 1. The van der Waals surface area contributed by atoms with E-state index in [0.717, 1.165) is 0 Å². The predicted molar refractivity (Wildman–Crippen MR) is 57.5 cm³/mol. The van der Waals surface area contributed by atoms with Crippen molar-refractivity contribution < 1.29 is 4.39 Å². The van der Waals surface area contributed by atoms with Gasteiger partial charge in [0.05, 0.1) is 0 Å². The molecule has 0 saturated heterocycles. The molecule has 2 rings (SSSR count). The van der Waals surface area contributed by atoms with Crippen molar-refractivity contribution in [3.05, 3.63) is 57.7 Å². The number of H-pyrrole nitrogens is 1. The molecule has 0 saturated carbocycles. The van der Waals surface area contributed by atoms with E-state index in [1.807, 2.05) is 0 Å². The summed E-state index contributed by atoms with van der Waals surface area (Å²) in [5.41, 5.74) is 0.810. The van der Waals surface area contributed by atoms with Crippen LogP contribution in [-0.2, 0) is 0 Å². The van der Waals surface area contributed by atoms with Gasteiger partial charge in [-0.2, -0.15) is 0 Å². The largest absolute Gasteiger partial charge is 0.366 e. The number of rotatable bonds is 1. The second kappa shape index (κ2) is 3.87. The first kappa shape index (κ1) is 9.93. The number of aromatic nitrogens is 1. The Morgan fingerprint density at radius 3 is 2.47 bits per heavy atom. The van der Waals surface area contributed by atoms with Crippen LogP contribution in [0, 0.1) is 5.82 Å². The molecule has 0 radical (unpaired) electrons. The monoisotopic (exact) mass is 223 g/mol. The lowest BCUT2D eigenvalue weighted by Crippen LogP contribution is -2.05. The first-order valence-corrected chi connectivity index (χ1v) is 4.69. The summed E-state index contributed by atoms with van der Waals surface area (Å²) in [4.78, 5) is 14.4. The zero-order valence-electron chi connectivity index (χ0n) is 7.63. The molecule has 76 valence electrons. The van der Waals surface area contributed by atoms with Gasteiger partial charge in [-0.25, -0.2) is 4.39 Å². The molecule has 1 N–H and O–H groups in total. The van der Waals surface area contributed by atoms with E-state index in [0.29, 0.717) is 11.1 Å². The van der Waals surface area contributed by atoms with E-state index in [4.69, 9.17) is 11.6 Å². The molecule has 0 aliphatic heterocycles. The summed E-state index contributed by atoms with van der Waals surface area (Å²) in [6.07, 6.45) is 2.96. The highest BCUT2D eigenvalue weighted by Crippen LogP contribution is 2.16. The molecule has 4 heteroatoms. The van der Waals surface area contributed by atoms with Gasteiger partial charge in [0.15, 0.2) is 0 Å². The van der Waals surface area contributed by atoms with Crippen molar-refractivity contribution in [3.8, 4) is 11.1 Å². The molecule has 0 amide bonds. The average molecular weight is 224 g/mol. The quantitative estimate of drug-likeness (QED) is 0.792. The molecule has 15 heavy (non-hydrogen) atoms. The van der Waals surface area contributed by atoms with Crippen LogP contribution in [-0.4, -0.2) is 4.98 Å². The smallest absolute Gasteiger partial charge is 0.207 e. The van der Waals surface area contributed by atoms with Crippen LogP contribution in [0.4, 0.5) is 4.39 Å². The first-order valence-electron chi connectivity index (χ1n) is 4.31. The van der Waals surface area contributed by atoms with E-state index in [-0.39, 0.29) is 16.3 Å². The molecule has 1 aromatic carbocycles. The Morgan fingerprint density at radius 1 is 1.13 bits per heavy atom. The molecule has 0 bridgehead atoms. The number of aromatic amines is 1. The number of pyridine rings is 1. The number of hydrogen-bond donors (Lipinski definition) is 1. The Morgan fingerprint density at radius 2 is 1.80 bits per heavy atom. The summed E-state index contributed by atoms with van der Waals surface area (Å²) in [7, 11) is 0. The zero-order chi connectivity index (χ0) is 10.8. The maximum Gasteiger partial charge on any atom is 0.207 e. The van der Waals surface area contributed by atoms with Gasteiger partial charge in [0.2, 0.25) is 5.43 Å². The lowest BCUT2D eigenvalue weighted by atomic mass is 10.1. The molecule has 0 aliphatic rings. The van der Waals surface area contributed by atoms with Crippen LogP contribution in [0.15, 0.2) is 41.5 Å². The van der Waals surface area contributed by atoms with Gasteiger partial charge in [0.25, 0.3) is 0 Å². The molecule has 0 unspecified atom stereocenters. The molecule has 2 nitrogen and oxygen atoms in total. The van der Waals surface area contributed by atoms with Crippen molar-refractivity contribution in [2.45, 2.75) is 0 Å². The Kier molecular flexibility index (Phi) is 2.56. The molecular formula is C11H7ClFNO. The third-order valence-electron chi connectivity index (χ3n) is 2.05. The Hall–Kier alpha value is -1.61. The van der Waals surface area contributed by atoms with Crippen molar-refractivity contribution in [1.29, 1.82) is 0 Å². The van der Waals surface area contributed by atoms with Crippen LogP contribution >= 0.6 is 11.6 Å². The van der Waals surface area contributed by atoms with Gasteiger partial charge in [-0.15, -0.1) is 0 Å². The summed E-state index contributed by atoms with van der Waals surface area (Å²) in [6.45, 7) is 0. The highest BCUT2D eigenvalue weighted by Gasteiger charge is 2.05. The van der Waals surface area contributed by atoms with Gasteiger partial charge < -0.3 is 4.98 Å². The average Bonchev–Trinajstić information content (AvgIpc) is 2.24. The summed E-state index contributed by atoms with van der Waals surface area (Å²) in [5.74, 6) is -0.336. The fourth-order valence-corrected chi connectivity index (χ4v) is 1.47. The topological polar surface area (TPSA) is 32.9 Å². The Bertz CT molecular complexity index is 533. The van der Waals surface area contributed by atoms with E-state index in [2.05, 4.69) is 4.98 Å². The number of halogens is 2. The SMILES string of the molecule is O=c1c(Cl)c[nH]cc1-c1ccc(F)cc1. The van der Waals surface area contributed by atoms with Crippen LogP contribution < -0.4 is 5.43 Å². The maximum absolute atomic E-state index is 12.7. The molecule has 2 aromatic rings. The van der Waals surface area contributed by atoms with Gasteiger partial charge in [0.1, 0.15) is 10.8 Å². The third kappa shape index (κ3) is 1.92. The maximum atomic E-state index is 12.7.